The van der Waals surface area contributed by atoms with E-state index in [1.54, 1.807) is 0 Å². The second-order valence-corrected chi connectivity index (χ2v) is 3.88. The van der Waals surface area contributed by atoms with Gasteiger partial charge in [0.25, 0.3) is 0 Å². The van der Waals surface area contributed by atoms with Crippen LogP contribution in [0.2, 0.25) is 0 Å². The highest BCUT2D eigenvalue weighted by Crippen LogP contribution is 2.38. The molecule has 3 heteroatoms. The Bertz CT molecular complexity index is 137. The Morgan fingerprint density at radius 3 is 2.25 bits per heavy atom. The van der Waals surface area contributed by atoms with E-state index in [1.807, 2.05) is 23.5 Å². The maximum Gasteiger partial charge on any atom is 0.133 e. The van der Waals surface area contributed by atoms with Gasteiger partial charge < -0.3 is 4.90 Å². The Hall–Kier alpha value is -0.0200. The van der Waals surface area contributed by atoms with Crippen molar-refractivity contribution < 1.29 is 0 Å². The fourth-order valence-corrected chi connectivity index (χ4v) is 2.60. The number of hydrogen-bond donors (Lipinski definition) is 0. The summed E-state index contributed by atoms with van der Waals surface area (Å²) in [6.45, 7) is 0. The molecule has 2 aliphatic heterocycles. The third-order valence-electron chi connectivity index (χ3n) is 1.10. The molecule has 0 aliphatic carbocycles. The Kier molecular flexibility index (Phi) is 1.05. The van der Waals surface area contributed by atoms with Crippen LogP contribution < -0.4 is 0 Å². The minimum absolute atomic E-state index is 0.620. The van der Waals surface area contributed by atoms with Crippen LogP contribution in [0.25, 0.3) is 0 Å². The van der Waals surface area contributed by atoms with Crippen LogP contribution in [0, 0.1) is 0 Å². The molecule has 2 heterocycles. The van der Waals surface area contributed by atoms with Crippen LogP contribution >= 0.6 is 23.5 Å². The molecule has 0 bridgehead atoms. The normalized spacial score (nSPS) is 25.2. The molecule has 0 atom stereocenters. The summed E-state index contributed by atoms with van der Waals surface area (Å²) in [7, 11) is 0. The minimum atomic E-state index is 0.620. The van der Waals surface area contributed by atoms with E-state index in [4.69, 9.17) is 0 Å². The fourth-order valence-electron chi connectivity index (χ4n) is 0.708. The Balaban J connectivity index is 2.22. The molecule has 0 radical (unpaired) electrons. The lowest BCUT2D eigenvalue weighted by Gasteiger charge is -2.10. The molecule has 0 spiro atoms. The summed E-state index contributed by atoms with van der Waals surface area (Å²) in [6, 6.07) is 0. The number of thioether (sulfide) groups is 2. The predicted octanol–water partition coefficient (Wildman–Crippen LogP) is 2.01. The summed E-state index contributed by atoms with van der Waals surface area (Å²) < 4.78 is 0.620. The van der Waals surface area contributed by atoms with Gasteiger partial charge in [0, 0.05) is 12.4 Å². The fraction of sp³-hybridized carbons (Fsp3) is 0.200. The van der Waals surface area contributed by atoms with Gasteiger partial charge in [-0.3, -0.25) is 0 Å². The average Bonchev–Trinajstić information content (AvgIpc) is 2.15. The molecule has 42 valence electrons. The van der Waals surface area contributed by atoms with E-state index >= 15 is 0 Å². The summed E-state index contributed by atoms with van der Waals surface area (Å²) in [5, 5.41) is 4.25. The molecule has 1 nitrogen and oxygen atoms in total. The van der Waals surface area contributed by atoms with Gasteiger partial charge in [-0.15, -0.1) is 0 Å². The molecule has 0 aromatic rings. The standard InChI is InChI=1S/C5H5NS2/c1-3-7-5-6(1)2-4-8-5/h1-5H. The van der Waals surface area contributed by atoms with Crippen LogP contribution in [0.5, 0.6) is 0 Å². The van der Waals surface area contributed by atoms with Gasteiger partial charge in [0.1, 0.15) is 4.71 Å². The second kappa shape index (κ2) is 1.74. The Morgan fingerprint density at radius 2 is 1.75 bits per heavy atom. The number of nitrogens with zero attached hydrogens (tertiary/aromatic N) is 1. The molecule has 0 saturated heterocycles. The second-order valence-electron chi connectivity index (χ2n) is 1.60. The maximum absolute atomic E-state index is 2.20. The zero-order valence-electron chi connectivity index (χ0n) is 4.15. The summed E-state index contributed by atoms with van der Waals surface area (Å²) in [5.41, 5.74) is 0. The van der Waals surface area contributed by atoms with Crippen molar-refractivity contribution in [3.05, 3.63) is 23.2 Å². The quantitative estimate of drug-likeness (QED) is 0.510. The third kappa shape index (κ3) is 0.581. The van der Waals surface area contributed by atoms with E-state index in [-0.39, 0.29) is 0 Å². The van der Waals surface area contributed by atoms with E-state index in [0.29, 0.717) is 4.71 Å². The summed E-state index contributed by atoms with van der Waals surface area (Å²) >= 11 is 3.72. The lowest BCUT2D eigenvalue weighted by molar-refractivity contribution is 0.594. The first-order chi connectivity index (χ1) is 3.97. The molecule has 2 rings (SSSR count). The average molecular weight is 143 g/mol. The first-order valence-electron chi connectivity index (χ1n) is 2.38. The van der Waals surface area contributed by atoms with Crippen molar-refractivity contribution in [2.75, 3.05) is 0 Å². The highest BCUT2D eigenvalue weighted by Gasteiger charge is 2.20. The van der Waals surface area contributed by atoms with Gasteiger partial charge in [-0.25, -0.2) is 0 Å². The first kappa shape index (κ1) is 4.82. The zero-order valence-corrected chi connectivity index (χ0v) is 5.78. The summed E-state index contributed by atoms with van der Waals surface area (Å²) in [5.74, 6) is 0. The monoisotopic (exact) mass is 143 g/mol. The topological polar surface area (TPSA) is 3.24 Å². The first-order valence-corrected chi connectivity index (χ1v) is 4.27. The molecular weight excluding hydrogens is 138 g/mol. The smallest absolute Gasteiger partial charge is 0.133 e. The largest absolute Gasteiger partial charge is 0.331 e. The van der Waals surface area contributed by atoms with Gasteiger partial charge in [-0.1, -0.05) is 23.5 Å². The number of fused-ring (bicyclic) bond motifs is 1. The Labute approximate surface area is 56.8 Å². The highest BCUT2D eigenvalue weighted by molar-refractivity contribution is 8.19. The van der Waals surface area contributed by atoms with Crippen molar-refractivity contribution in [1.29, 1.82) is 0 Å². The molecule has 0 aromatic carbocycles. The van der Waals surface area contributed by atoms with E-state index in [2.05, 4.69) is 28.1 Å². The van der Waals surface area contributed by atoms with Gasteiger partial charge in [-0.2, -0.15) is 0 Å². The van der Waals surface area contributed by atoms with E-state index in [9.17, 15) is 0 Å². The molecule has 0 amide bonds. The predicted molar refractivity (Wildman–Crippen MR) is 39.1 cm³/mol. The number of hydrogen-bond acceptors (Lipinski definition) is 3. The minimum Gasteiger partial charge on any atom is -0.331 e. The van der Waals surface area contributed by atoms with Gasteiger partial charge in [0.15, 0.2) is 0 Å². The molecule has 0 fully saturated rings. The van der Waals surface area contributed by atoms with Crippen LogP contribution in [-0.2, 0) is 0 Å². The number of rotatable bonds is 0. The van der Waals surface area contributed by atoms with Crippen molar-refractivity contribution >= 4 is 23.5 Å². The van der Waals surface area contributed by atoms with Crippen LogP contribution in [0.4, 0.5) is 0 Å². The van der Waals surface area contributed by atoms with Gasteiger partial charge in [-0.05, 0) is 10.8 Å². The van der Waals surface area contributed by atoms with Crippen LogP contribution in [0.3, 0.4) is 0 Å². The van der Waals surface area contributed by atoms with E-state index in [0.717, 1.165) is 0 Å². The van der Waals surface area contributed by atoms with Crippen molar-refractivity contribution in [1.82, 2.24) is 4.90 Å². The van der Waals surface area contributed by atoms with Crippen molar-refractivity contribution in [3.8, 4) is 0 Å². The SMILES string of the molecule is C1=CN2C=CSC2S1. The van der Waals surface area contributed by atoms with Crippen molar-refractivity contribution in [2.45, 2.75) is 4.71 Å². The highest BCUT2D eigenvalue weighted by atomic mass is 32.2. The van der Waals surface area contributed by atoms with Crippen LogP contribution in [0.15, 0.2) is 23.2 Å². The molecule has 0 aromatic heterocycles. The molecule has 2 aliphatic rings. The summed E-state index contributed by atoms with van der Waals surface area (Å²) in [4.78, 5) is 2.20. The van der Waals surface area contributed by atoms with Gasteiger partial charge in [0.05, 0.1) is 0 Å². The lowest BCUT2D eigenvalue weighted by atomic mass is 10.8. The zero-order chi connectivity index (χ0) is 5.40. The molecule has 0 saturated carbocycles. The van der Waals surface area contributed by atoms with Crippen molar-refractivity contribution in [2.24, 2.45) is 0 Å². The van der Waals surface area contributed by atoms with Crippen LogP contribution in [0.1, 0.15) is 0 Å². The molecule has 8 heavy (non-hydrogen) atoms. The van der Waals surface area contributed by atoms with Crippen molar-refractivity contribution in [3.63, 3.8) is 0 Å². The van der Waals surface area contributed by atoms with E-state index in [1.165, 1.54) is 0 Å². The maximum atomic E-state index is 2.20. The third-order valence-corrected chi connectivity index (χ3v) is 3.28. The van der Waals surface area contributed by atoms with E-state index < -0.39 is 0 Å². The lowest BCUT2D eigenvalue weighted by Crippen LogP contribution is -2.08. The summed E-state index contributed by atoms with van der Waals surface area (Å²) in [6.07, 6.45) is 4.21. The van der Waals surface area contributed by atoms with Gasteiger partial charge >= 0.3 is 0 Å². The molecule has 0 unspecified atom stereocenters. The molecule has 0 N–H and O–H groups in total. The van der Waals surface area contributed by atoms with Gasteiger partial charge in [0.2, 0.25) is 0 Å². The van der Waals surface area contributed by atoms with Crippen LogP contribution in [-0.4, -0.2) is 9.61 Å². The Morgan fingerprint density at radius 1 is 1.12 bits per heavy atom. The molecular formula is C5H5NS2.